The van der Waals surface area contributed by atoms with Crippen molar-refractivity contribution in [3.63, 3.8) is 0 Å². The summed E-state index contributed by atoms with van der Waals surface area (Å²) in [7, 11) is 1.63. The number of urea groups is 1. The first-order valence-electron chi connectivity index (χ1n) is 7.33. The van der Waals surface area contributed by atoms with Gasteiger partial charge in [-0.25, -0.2) is 9.59 Å². The Bertz CT molecular complexity index is 439. The SMILES string of the molecule is CN(CC1CC2CCC1C2)C(=O)N[C@H](CC(=O)O)C(=O)O. The van der Waals surface area contributed by atoms with Gasteiger partial charge in [-0.15, -0.1) is 0 Å². The molecule has 0 heterocycles. The van der Waals surface area contributed by atoms with Gasteiger partial charge in [-0.1, -0.05) is 6.42 Å². The third-order valence-electron chi connectivity index (χ3n) is 4.71. The zero-order valence-electron chi connectivity index (χ0n) is 12.1. The minimum absolute atomic E-state index is 0.488. The molecule has 2 aliphatic rings. The molecule has 0 aromatic carbocycles. The summed E-state index contributed by atoms with van der Waals surface area (Å²) in [6.07, 6.45) is 4.28. The van der Waals surface area contributed by atoms with E-state index >= 15 is 0 Å². The zero-order valence-corrected chi connectivity index (χ0v) is 12.1. The Morgan fingerprint density at radius 1 is 1.24 bits per heavy atom. The Morgan fingerprint density at radius 3 is 2.43 bits per heavy atom. The minimum Gasteiger partial charge on any atom is -0.481 e. The highest BCUT2D eigenvalue weighted by Gasteiger charge is 2.40. The molecule has 4 atom stereocenters. The van der Waals surface area contributed by atoms with E-state index in [1.807, 2.05) is 0 Å². The van der Waals surface area contributed by atoms with Gasteiger partial charge in [0.25, 0.3) is 0 Å². The molecule has 0 aliphatic heterocycles. The van der Waals surface area contributed by atoms with Gasteiger partial charge in [-0.2, -0.15) is 0 Å². The van der Waals surface area contributed by atoms with E-state index < -0.39 is 30.4 Å². The number of aliphatic carboxylic acids is 2. The number of hydrogen-bond donors (Lipinski definition) is 3. The van der Waals surface area contributed by atoms with Crippen molar-refractivity contribution in [2.24, 2.45) is 17.8 Å². The molecule has 0 aromatic heterocycles. The van der Waals surface area contributed by atoms with Gasteiger partial charge in [0, 0.05) is 13.6 Å². The second-order valence-corrected chi connectivity index (χ2v) is 6.25. The predicted octanol–water partition coefficient (Wildman–Crippen LogP) is 0.992. The molecule has 21 heavy (non-hydrogen) atoms. The summed E-state index contributed by atoms with van der Waals surface area (Å²) in [6, 6.07) is -1.91. The molecule has 3 N–H and O–H groups in total. The Morgan fingerprint density at radius 2 is 1.95 bits per heavy atom. The first kappa shape index (κ1) is 15.6. The van der Waals surface area contributed by atoms with Crippen LogP contribution in [0.25, 0.3) is 0 Å². The standard InChI is InChI=1S/C14H22N2O5/c1-16(7-10-5-8-2-3-9(10)4-8)14(21)15-11(13(19)20)6-12(17)18/h8-11H,2-7H2,1H3,(H,15,21)(H,17,18)(H,19,20)/t8?,9?,10?,11-/m1/s1. The molecule has 0 aromatic rings. The molecule has 3 unspecified atom stereocenters. The highest BCUT2D eigenvalue weighted by atomic mass is 16.4. The molecule has 2 amide bonds. The Kier molecular flexibility index (Phi) is 4.69. The number of carboxylic acids is 2. The molecule has 0 saturated heterocycles. The number of carboxylic acid groups (broad SMARTS) is 2. The number of nitrogens with zero attached hydrogens (tertiary/aromatic N) is 1. The third-order valence-corrected chi connectivity index (χ3v) is 4.71. The lowest BCUT2D eigenvalue weighted by Crippen LogP contribution is -2.48. The van der Waals surface area contributed by atoms with Crippen LogP contribution in [-0.4, -0.2) is 52.7 Å². The van der Waals surface area contributed by atoms with Crippen molar-refractivity contribution in [2.75, 3.05) is 13.6 Å². The van der Waals surface area contributed by atoms with Crippen molar-refractivity contribution < 1.29 is 24.6 Å². The van der Waals surface area contributed by atoms with E-state index in [9.17, 15) is 14.4 Å². The van der Waals surface area contributed by atoms with Crippen molar-refractivity contribution in [1.29, 1.82) is 0 Å². The highest BCUT2D eigenvalue weighted by molar-refractivity contribution is 5.86. The van der Waals surface area contributed by atoms with Crippen molar-refractivity contribution in [2.45, 2.75) is 38.1 Å². The Hall–Kier alpha value is -1.79. The average Bonchev–Trinajstić information content (AvgIpc) is 2.99. The fraction of sp³-hybridized carbons (Fsp3) is 0.786. The van der Waals surface area contributed by atoms with Gasteiger partial charge in [0.1, 0.15) is 6.04 Å². The fourth-order valence-corrected chi connectivity index (χ4v) is 3.67. The van der Waals surface area contributed by atoms with Crippen LogP contribution in [0.4, 0.5) is 4.79 Å². The number of nitrogens with one attached hydrogen (secondary N) is 1. The van der Waals surface area contributed by atoms with Crippen molar-refractivity contribution in [3.8, 4) is 0 Å². The lowest BCUT2D eigenvalue weighted by Gasteiger charge is -2.28. The van der Waals surface area contributed by atoms with Crippen LogP contribution in [0.15, 0.2) is 0 Å². The van der Waals surface area contributed by atoms with Crippen LogP contribution in [0.5, 0.6) is 0 Å². The van der Waals surface area contributed by atoms with E-state index in [-0.39, 0.29) is 0 Å². The van der Waals surface area contributed by atoms with E-state index in [2.05, 4.69) is 5.32 Å². The van der Waals surface area contributed by atoms with Gasteiger partial charge in [-0.3, -0.25) is 4.79 Å². The van der Waals surface area contributed by atoms with E-state index in [1.54, 1.807) is 7.05 Å². The molecule has 0 radical (unpaired) electrons. The summed E-state index contributed by atoms with van der Waals surface area (Å²) in [6.45, 7) is 0.604. The number of carbonyl (C=O) groups excluding carboxylic acids is 1. The Labute approximate surface area is 123 Å². The van der Waals surface area contributed by atoms with Crippen LogP contribution in [-0.2, 0) is 9.59 Å². The molecule has 118 valence electrons. The lowest BCUT2D eigenvalue weighted by molar-refractivity contribution is -0.145. The minimum atomic E-state index is -1.39. The first-order valence-corrected chi connectivity index (χ1v) is 7.33. The van der Waals surface area contributed by atoms with Gasteiger partial charge in [0.2, 0.25) is 0 Å². The highest BCUT2D eigenvalue weighted by Crippen LogP contribution is 2.48. The summed E-state index contributed by atoms with van der Waals surface area (Å²) in [5.74, 6) is -0.630. The predicted molar refractivity (Wildman–Crippen MR) is 73.8 cm³/mol. The van der Waals surface area contributed by atoms with Gasteiger partial charge < -0.3 is 20.4 Å². The summed E-state index contributed by atoms with van der Waals surface area (Å²) in [5, 5.41) is 19.9. The molecule has 2 bridgehead atoms. The summed E-state index contributed by atoms with van der Waals surface area (Å²) < 4.78 is 0. The molecular weight excluding hydrogens is 276 g/mol. The topological polar surface area (TPSA) is 107 Å². The van der Waals surface area contributed by atoms with Crippen LogP contribution in [0.2, 0.25) is 0 Å². The van der Waals surface area contributed by atoms with Crippen molar-refractivity contribution >= 4 is 18.0 Å². The first-order chi connectivity index (χ1) is 9.86. The zero-order chi connectivity index (χ0) is 15.6. The Balaban J connectivity index is 1.83. The van der Waals surface area contributed by atoms with E-state index in [1.165, 1.54) is 24.2 Å². The molecule has 2 fully saturated rings. The van der Waals surface area contributed by atoms with Gasteiger partial charge in [0.05, 0.1) is 6.42 Å². The second kappa shape index (κ2) is 6.32. The number of carbonyl (C=O) groups is 3. The number of rotatable bonds is 6. The molecule has 2 saturated carbocycles. The lowest BCUT2D eigenvalue weighted by atomic mass is 9.88. The largest absolute Gasteiger partial charge is 0.481 e. The van der Waals surface area contributed by atoms with Gasteiger partial charge >= 0.3 is 18.0 Å². The molecule has 2 rings (SSSR count). The smallest absolute Gasteiger partial charge is 0.326 e. The number of hydrogen-bond acceptors (Lipinski definition) is 3. The van der Waals surface area contributed by atoms with Gasteiger partial charge in [-0.05, 0) is 37.0 Å². The quantitative estimate of drug-likeness (QED) is 0.678. The van der Waals surface area contributed by atoms with Crippen LogP contribution in [0.3, 0.4) is 0 Å². The second-order valence-electron chi connectivity index (χ2n) is 6.25. The monoisotopic (exact) mass is 298 g/mol. The van der Waals surface area contributed by atoms with Crippen molar-refractivity contribution in [3.05, 3.63) is 0 Å². The van der Waals surface area contributed by atoms with Gasteiger partial charge in [0.15, 0.2) is 0 Å². The fourth-order valence-electron chi connectivity index (χ4n) is 3.67. The van der Waals surface area contributed by atoms with Crippen molar-refractivity contribution in [1.82, 2.24) is 10.2 Å². The molecular formula is C14H22N2O5. The number of fused-ring (bicyclic) bond motifs is 2. The maximum atomic E-state index is 12.0. The van der Waals surface area contributed by atoms with Crippen LogP contribution < -0.4 is 5.32 Å². The maximum absolute atomic E-state index is 12.0. The molecule has 7 heteroatoms. The van der Waals surface area contributed by atoms with E-state index in [4.69, 9.17) is 10.2 Å². The third kappa shape index (κ3) is 3.86. The molecule has 2 aliphatic carbocycles. The summed E-state index contributed by atoms with van der Waals surface area (Å²) in [4.78, 5) is 35.0. The van der Waals surface area contributed by atoms with E-state index in [0.29, 0.717) is 18.4 Å². The van der Waals surface area contributed by atoms with Crippen LogP contribution in [0.1, 0.15) is 32.1 Å². The van der Waals surface area contributed by atoms with E-state index in [0.717, 1.165) is 12.3 Å². The summed E-state index contributed by atoms with van der Waals surface area (Å²) >= 11 is 0. The van der Waals surface area contributed by atoms with Crippen LogP contribution >= 0.6 is 0 Å². The molecule has 0 spiro atoms. The van der Waals surface area contributed by atoms with Crippen LogP contribution in [0, 0.1) is 17.8 Å². The normalized spacial score (nSPS) is 28.1. The maximum Gasteiger partial charge on any atom is 0.326 e. The summed E-state index contributed by atoms with van der Waals surface area (Å²) in [5.41, 5.74) is 0. The molecule has 7 nitrogen and oxygen atoms in total. The average molecular weight is 298 g/mol. The number of amides is 2.